The average molecular weight is 242 g/mol. The van der Waals surface area contributed by atoms with Crippen LogP contribution in [0.5, 0.6) is 0 Å². The van der Waals surface area contributed by atoms with Crippen LogP contribution in [-0.4, -0.2) is 48.5 Å². The minimum absolute atomic E-state index is 0.306. The van der Waals surface area contributed by atoms with E-state index >= 15 is 0 Å². The maximum atomic E-state index is 11.9. The molecule has 1 saturated carbocycles. The predicted octanol–water partition coefficient (Wildman–Crippen LogP) is 1.34. The molecule has 2 fully saturated rings. The Morgan fingerprint density at radius 3 is 2.94 bits per heavy atom. The van der Waals surface area contributed by atoms with Crippen LogP contribution in [-0.2, 0) is 4.79 Å². The number of hydrogen-bond donors (Lipinski definition) is 1. The second-order valence-electron chi connectivity index (χ2n) is 4.98. The Kier molecular flexibility index (Phi) is 4.53. The first-order chi connectivity index (χ1) is 7.75. The van der Waals surface area contributed by atoms with E-state index in [-0.39, 0.29) is 0 Å². The molecule has 1 saturated heterocycles. The van der Waals surface area contributed by atoms with E-state index in [1.165, 1.54) is 25.0 Å². The highest BCUT2D eigenvalue weighted by Gasteiger charge is 2.23. The van der Waals surface area contributed by atoms with Gasteiger partial charge in [0.25, 0.3) is 0 Å². The topological polar surface area (TPSA) is 32.3 Å². The van der Waals surface area contributed by atoms with Gasteiger partial charge in [0.15, 0.2) is 0 Å². The van der Waals surface area contributed by atoms with Gasteiger partial charge in [0.2, 0.25) is 5.91 Å². The maximum Gasteiger partial charge on any atom is 0.223 e. The third-order valence-electron chi connectivity index (χ3n) is 3.41. The van der Waals surface area contributed by atoms with Crippen molar-refractivity contribution in [3.8, 4) is 0 Å². The quantitative estimate of drug-likeness (QED) is 0.789. The second kappa shape index (κ2) is 5.92. The van der Waals surface area contributed by atoms with Crippen molar-refractivity contribution in [2.24, 2.45) is 5.92 Å². The molecule has 1 aliphatic heterocycles. The van der Waals surface area contributed by atoms with Gasteiger partial charge in [-0.05, 0) is 12.3 Å². The lowest BCUT2D eigenvalue weighted by Crippen LogP contribution is -2.42. The number of amides is 1. The molecule has 2 rings (SSSR count). The molecule has 3 nitrogen and oxygen atoms in total. The summed E-state index contributed by atoms with van der Waals surface area (Å²) < 4.78 is 0. The van der Waals surface area contributed by atoms with Crippen molar-refractivity contribution >= 4 is 17.7 Å². The molecule has 0 aromatic carbocycles. The van der Waals surface area contributed by atoms with Crippen LogP contribution in [0.3, 0.4) is 0 Å². The first kappa shape index (κ1) is 12.2. The van der Waals surface area contributed by atoms with Gasteiger partial charge >= 0.3 is 0 Å². The van der Waals surface area contributed by atoms with E-state index in [0.29, 0.717) is 18.4 Å². The number of carbonyl (C=O) groups is 1. The second-order valence-corrected chi connectivity index (χ2v) is 6.13. The van der Waals surface area contributed by atoms with Crippen LogP contribution in [0.15, 0.2) is 0 Å². The van der Waals surface area contributed by atoms with Crippen LogP contribution in [0.25, 0.3) is 0 Å². The SMILES string of the molecule is CN(CCC1CC1)C(=O)CC1CSCCN1. The van der Waals surface area contributed by atoms with E-state index in [9.17, 15) is 4.79 Å². The van der Waals surface area contributed by atoms with E-state index < -0.39 is 0 Å². The molecule has 4 heteroatoms. The zero-order chi connectivity index (χ0) is 11.4. The van der Waals surface area contributed by atoms with Crippen LogP contribution < -0.4 is 5.32 Å². The van der Waals surface area contributed by atoms with E-state index in [1.807, 2.05) is 23.7 Å². The third-order valence-corrected chi connectivity index (χ3v) is 4.55. The zero-order valence-electron chi connectivity index (χ0n) is 10.1. The summed E-state index contributed by atoms with van der Waals surface area (Å²) in [7, 11) is 1.95. The molecule has 1 unspecified atom stereocenters. The number of rotatable bonds is 5. The lowest BCUT2D eigenvalue weighted by Gasteiger charge is -2.25. The van der Waals surface area contributed by atoms with Crippen molar-refractivity contribution in [3.63, 3.8) is 0 Å². The van der Waals surface area contributed by atoms with Crippen molar-refractivity contribution in [2.75, 3.05) is 31.6 Å². The van der Waals surface area contributed by atoms with Crippen LogP contribution in [0.4, 0.5) is 0 Å². The smallest absolute Gasteiger partial charge is 0.223 e. The molecule has 1 heterocycles. The molecule has 1 aliphatic carbocycles. The van der Waals surface area contributed by atoms with Crippen LogP contribution in [0.2, 0.25) is 0 Å². The third kappa shape index (κ3) is 3.98. The summed E-state index contributed by atoms with van der Waals surface area (Å²) in [5.41, 5.74) is 0. The summed E-state index contributed by atoms with van der Waals surface area (Å²) in [6.07, 6.45) is 4.63. The highest BCUT2D eigenvalue weighted by molar-refractivity contribution is 7.99. The van der Waals surface area contributed by atoms with Crippen LogP contribution in [0, 0.1) is 5.92 Å². The lowest BCUT2D eigenvalue weighted by atomic mass is 10.2. The Morgan fingerprint density at radius 2 is 2.31 bits per heavy atom. The zero-order valence-corrected chi connectivity index (χ0v) is 10.9. The normalized spacial score (nSPS) is 25.4. The first-order valence-corrected chi connectivity index (χ1v) is 7.46. The Balaban J connectivity index is 1.64. The largest absolute Gasteiger partial charge is 0.346 e. The van der Waals surface area contributed by atoms with Crippen LogP contribution >= 0.6 is 11.8 Å². The fourth-order valence-corrected chi connectivity index (χ4v) is 2.97. The predicted molar refractivity (Wildman–Crippen MR) is 68.7 cm³/mol. The number of nitrogens with zero attached hydrogens (tertiary/aromatic N) is 1. The highest BCUT2D eigenvalue weighted by Crippen LogP contribution is 2.32. The summed E-state index contributed by atoms with van der Waals surface area (Å²) in [5.74, 6) is 3.49. The van der Waals surface area contributed by atoms with Gasteiger partial charge < -0.3 is 10.2 Å². The molecule has 1 atom stereocenters. The van der Waals surface area contributed by atoms with Crippen molar-refractivity contribution in [1.82, 2.24) is 10.2 Å². The highest BCUT2D eigenvalue weighted by atomic mass is 32.2. The minimum atomic E-state index is 0.306. The van der Waals surface area contributed by atoms with Gasteiger partial charge in [0.05, 0.1) is 0 Å². The van der Waals surface area contributed by atoms with E-state index in [2.05, 4.69) is 5.32 Å². The minimum Gasteiger partial charge on any atom is -0.346 e. The van der Waals surface area contributed by atoms with E-state index in [1.54, 1.807) is 0 Å². The number of thioether (sulfide) groups is 1. The standard InChI is InChI=1S/C12H22N2OS/c1-14(6-4-10-2-3-10)12(15)8-11-9-16-7-5-13-11/h10-11,13H,2-9H2,1H3. The number of carbonyl (C=O) groups excluding carboxylic acids is 1. The molecule has 16 heavy (non-hydrogen) atoms. The fourth-order valence-electron chi connectivity index (χ4n) is 2.02. The van der Waals surface area contributed by atoms with E-state index in [0.717, 1.165) is 24.8 Å². The summed E-state index contributed by atoms with van der Waals surface area (Å²) in [4.78, 5) is 13.8. The molecule has 1 N–H and O–H groups in total. The van der Waals surface area contributed by atoms with Gasteiger partial charge in [0, 0.05) is 44.1 Å². The summed E-state index contributed by atoms with van der Waals surface area (Å²) in [5, 5.41) is 3.41. The molecule has 0 bridgehead atoms. The van der Waals surface area contributed by atoms with E-state index in [4.69, 9.17) is 0 Å². The Bertz CT molecular complexity index is 237. The molecule has 2 aliphatic rings. The summed E-state index contributed by atoms with van der Waals surface area (Å²) in [6, 6.07) is 0.398. The molecular formula is C12H22N2OS. The van der Waals surface area contributed by atoms with Gasteiger partial charge in [-0.3, -0.25) is 4.79 Å². The van der Waals surface area contributed by atoms with Crippen molar-refractivity contribution in [3.05, 3.63) is 0 Å². The van der Waals surface area contributed by atoms with Gasteiger partial charge in [-0.15, -0.1) is 0 Å². The van der Waals surface area contributed by atoms with Crippen molar-refractivity contribution < 1.29 is 4.79 Å². The first-order valence-electron chi connectivity index (χ1n) is 6.31. The van der Waals surface area contributed by atoms with Gasteiger partial charge in [0.1, 0.15) is 0 Å². The number of hydrogen-bond acceptors (Lipinski definition) is 3. The van der Waals surface area contributed by atoms with Gasteiger partial charge in [-0.2, -0.15) is 11.8 Å². The fraction of sp³-hybridized carbons (Fsp3) is 0.917. The Morgan fingerprint density at radius 1 is 1.50 bits per heavy atom. The average Bonchev–Trinajstić information content (AvgIpc) is 3.11. The molecule has 0 aromatic heterocycles. The Hall–Kier alpha value is -0.220. The molecule has 0 aromatic rings. The molecule has 1 amide bonds. The lowest BCUT2D eigenvalue weighted by molar-refractivity contribution is -0.130. The van der Waals surface area contributed by atoms with Crippen molar-refractivity contribution in [1.29, 1.82) is 0 Å². The molecule has 92 valence electrons. The van der Waals surface area contributed by atoms with Gasteiger partial charge in [-0.25, -0.2) is 0 Å². The maximum absolute atomic E-state index is 11.9. The van der Waals surface area contributed by atoms with Crippen molar-refractivity contribution in [2.45, 2.75) is 31.7 Å². The monoisotopic (exact) mass is 242 g/mol. The molecule has 0 spiro atoms. The number of nitrogens with one attached hydrogen (secondary N) is 1. The van der Waals surface area contributed by atoms with Crippen LogP contribution in [0.1, 0.15) is 25.7 Å². The Labute approximate surface area is 102 Å². The summed E-state index contributed by atoms with van der Waals surface area (Å²) in [6.45, 7) is 2.00. The molecular weight excluding hydrogens is 220 g/mol. The molecule has 0 radical (unpaired) electrons. The summed E-state index contributed by atoms with van der Waals surface area (Å²) >= 11 is 1.95. The van der Waals surface area contributed by atoms with Gasteiger partial charge in [-0.1, -0.05) is 12.8 Å².